The second kappa shape index (κ2) is 8.78. The highest BCUT2D eigenvalue weighted by Crippen LogP contribution is 2.39. The summed E-state index contributed by atoms with van der Waals surface area (Å²) in [5.41, 5.74) is 4.68. The molecule has 5 rings (SSSR count). The minimum absolute atomic E-state index is 0.0194. The third kappa shape index (κ3) is 4.02. The standard InChI is InChI=1S/C27H30N4O/c1-3-7-19-12-14-23(27(32)30-22-8-5-4-6-9-22)26-24(19)17-29-31(26)18(2)21-13-15-25(28-16-21)20-10-11-20/h12-18,20,22H,4-6,8-11H2,1-2H3,(H,30,32)/t18-/m1/s1. The minimum Gasteiger partial charge on any atom is -0.349 e. The molecular weight excluding hydrogens is 396 g/mol. The molecule has 5 heteroatoms. The molecule has 2 aromatic heterocycles. The van der Waals surface area contributed by atoms with Crippen LogP contribution in [0.15, 0.2) is 36.7 Å². The van der Waals surface area contributed by atoms with E-state index in [1.165, 1.54) is 37.8 Å². The molecular formula is C27H30N4O. The molecule has 0 spiro atoms. The van der Waals surface area contributed by atoms with Gasteiger partial charge in [0, 0.05) is 34.8 Å². The first-order valence-corrected chi connectivity index (χ1v) is 11.9. The Bertz CT molecular complexity index is 1190. The van der Waals surface area contributed by atoms with E-state index >= 15 is 0 Å². The zero-order chi connectivity index (χ0) is 22.1. The Kier molecular flexibility index (Phi) is 5.70. The zero-order valence-corrected chi connectivity index (χ0v) is 18.9. The molecule has 1 N–H and O–H groups in total. The van der Waals surface area contributed by atoms with Gasteiger partial charge in [0.25, 0.3) is 5.91 Å². The highest BCUT2D eigenvalue weighted by molar-refractivity contribution is 6.07. The maximum atomic E-state index is 13.3. The Balaban J connectivity index is 1.53. The number of hydrogen-bond acceptors (Lipinski definition) is 3. The maximum absolute atomic E-state index is 13.3. The van der Waals surface area contributed by atoms with Crippen LogP contribution in [0.2, 0.25) is 0 Å². The predicted octanol–water partition coefficient (Wildman–Crippen LogP) is 5.35. The fourth-order valence-corrected chi connectivity index (χ4v) is 4.82. The van der Waals surface area contributed by atoms with Gasteiger partial charge in [0.2, 0.25) is 0 Å². The van der Waals surface area contributed by atoms with Gasteiger partial charge < -0.3 is 5.32 Å². The van der Waals surface area contributed by atoms with E-state index in [0.29, 0.717) is 11.5 Å². The fourth-order valence-electron chi connectivity index (χ4n) is 4.82. The highest BCUT2D eigenvalue weighted by atomic mass is 16.1. The van der Waals surface area contributed by atoms with Gasteiger partial charge in [0.1, 0.15) is 0 Å². The Morgan fingerprint density at radius 3 is 2.59 bits per heavy atom. The van der Waals surface area contributed by atoms with Gasteiger partial charge in [-0.2, -0.15) is 5.10 Å². The summed E-state index contributed by atoms with van der Waals surface area (Å²) in [5.74, 6) is 6.77. The largest absolute Gasteiger partial charge is 0.349 e. The summed E-state index contributed by atoms with van der Waals surface area (Å²) in [5, 5.41) is 8.91. The minimum atomic E-state index is -0.0423. The molecule has 2 fully saturated rings. The number of fused-ring (bicyclic) bond motifs is 1. The van der Waals surface area contributed by atoms with Gasteiger partial charge in [0.05, 0.1) is 23.3 Å². The topological polar surface area (TPSA) is 59.8 Å². The molecule has 164 valence electrons. The number of nitrogens with one attached hydrogen (secondary N) is 1. The first-order valence-electron chi connectivity index (χ1n) is 11.9. The van der Waals surface area contributed by atoms with Crippen LogP contribution in [-0.4, -0.2) is 26.7 Å². The van der Waals surface area contributed by atoms with Crippen LogP contribution in [0, 0.1) is 11.8 Å². The van der Waals surface area contributed by atoms with Crippen molar-refractivity contribution in [3.8, 4) is 11.8 Å². The Morgan fingerprint density at radius 2 is 1.91 bits per heavy atom. The van der Waals surface area contributed by atoms with Crippen molar-refractivity contribution in [2.45, 2.75) is 76.8 Å². The van der Waals surface area contributed by atoms with E-state index in [9.17, 15) is 4.79 Å². The summed E-state index contributed by atoms with van der Waals surface area (Å²) in [7, 11) is 0. The monoisotopic (exact) mass is 426 g/mol. The summed E-state index contributed by atoms with van der Waals surface area (Å²) < 4.78 is 1.96. The van der Waals surface area contributed by atoms with Crippen molar-refractivity contribution in [1.82, 2.24) is 20.1 Å². The molecule has 32 heavy (non-hydrogen) atoms. The number of carbonyl (C=O) groups excluding carboxylic acids is 1. The second-order valence-electron chi connectivity index (χ2n) is 9.16. The van der Waals surface area contributed by atoms with E-state index in [0.717, 1.165) is 34.9 Å². The van der Waals surface area contributed by atoms with Gasteiger partial charge >= 0.3 is 0 Å². The van der Waals surface area contributed by atoms with E-state index in [-0.39, 0.29) is 18.0 Å². The molecule has 0 bridgehead atoms. The number of carbonyl (C=O) groups is 1. The first kappa shape index (κ1) is 20.8. The van der Waals surface area contributed by atoms with Crippen molar-refractivity contribution in [2.24, 2.45) is 0 Å². The van der Waals surface area contributed by atoms with E-state index in [1.54, 1.807) is 0 Å². The average molecular weight is 427 g/mol. The summed E-state index contributed by atoms with van der Waals surface area (Å²) in [4.78, 5) is 18.0. The smallest absolute Gasteiger partial charge is 0.253 e. The third-order valence-corrected chi connectivity index (χ3v) is 6.86. The predicted molar refractivity (Wildman–Crippen MR) is 127 cm³/mol. The maximum Gasteiger partial charge on any atom is 0.253 e. The molecule has 0 radical (unpaired) electrons. The average Bonchev–Trinajstić information content (AvgIpc) is 3.58. The van der Waals surface area contributed by atoms with Gasteiger partial charge in [-0.25, -0.2) is 0 Å². The number of pyridine rings is 1. The van der Waals surface area contributed by atoms with Crippen molar-refractivity contribution in [3.05, 3.63) is 59.0 Å². The quantitative estimate of drug-likeness (QED) is 0.559. The van der Waals surface area contributed by atoms with Crippen LogP contribution in [0.4, 0.5) is 0 Å². The molecule has 5 nitrogen and oxygen atoms in total. The van der Waals surface area contributed by atoms with Gasteiger partial charge in [-0.3, -0.25) is 14.5 Å². The molecule has 2 saturated carbocycles. The first-order chi connectivity index (χ1) is 15.7. The lowest BCUT2D eigenvalue weighted by molar-refractivity contribution is 0.0929. The SMILES string of the molecule is CC#Cc1ccc(C(=O)NC2CCCCC2)c2c1cnn2[C@H](C)c1ccc(C2CC2)nc1. The zero-order valence-electron chi connectivity index (χ0n) is 18.9. The summed E-state index contributed by atoms with van der Waals surface area (Å²) in [6.45, 7) is 3.94. The molecule has 0 saturated heterocycles. The Morgan fingerprint density at radius 1 is 1.09 bits per heavy atom. The lowest BCUT2D eigenvalue weighted by Gasteiger charge is -2.23. The van der Waals surface area contributed by atoms with Crippen molar-refractivity contribution in [3.63, 3.8) is 0 Å². The Hall–Kier alpha value is -3.13. The number of aromatic nitrogens is 3. The molecule has 2 heterocycles. The number of amides is 1. The third-order valence-electron chi connectivity index (χ3n) is 6.86. The Labute approximate surface area is 189 Å². The normalized spacial score (nSPS) is 17.6. The molecule has 1 aromatic carbocycles. The fraction of sp³-hybridized carbons (Fsp3) is 0.444. The van der Waals surface area contributed by atoms with Crippen molar-refractivity contribution in [1.29, 1.82) is 0 Å². The van der Waals surface area contributed by atoms with E-state index < -0.39 is 0 Å². The molecule has 2 aliphatic rings. The number of hydrogen-bond donors (Lipinski definition) is 1. The van der Waals surface area contributed by atoms with Gasteiger partial charge in [-0.15, -0.1) is 5.92 Å². The molecule has 1 atom stereocenters. The highest BCUT2D eigenvalue weighted by Gasteiger charge is 2.26. The summed E-state index contributed by atoms with van der Waals surface area (Å²) >= 11 is 0. The second-order valence-corrected chi connectivity index (χ2v) is 9.16. The molecule has 0 unspecified atom stereocenters. The van der Waals surface area contributed by atoms with Crippen LogP contribution in [0.3, 0.4) is 0 Å². The van der Waals surface area contributed by atoms with Crippen molar-refractivity contribution in [2.75, 3.05) is 0 Å². The van der Waals surface area contributed by atoms with Crippen LogP contribution >= 0.6 is 0 Å². The van der Waals surface area contributed by atoms with E-state index in [4.69, 9.17) is 10.1 Å². The number of benzene rings is 1. The molecule has 3 aromatic rings. The van der Waals surface area contributed by atoms with Gasteiger partial charge in [-0.1, -0.05) is 31.2 Å². The van der Waals surface area contributed by atoms with Gasteiger partial charge in [0.15, 0.2) is 0 Å². The van der Waals surface area contributed by atoms with Crippen molar-refractivity contribution >= 4 is 16.8 Å². The summed E-state index contributed by atoms with van der Waals surface area (Å²) in [6.07, 6.45) is 12.0. The van der Waals surface area contributed by atoms with Crippen LogP contribution in [-0.2, 0) is 0 Å². The van der Waals surface area contributed by atoms with Crippen LogP contribution < -0.4 is 5.32 Å². The lowest BCUT2D eigenvalue weighted by Crippen LogP contribution is -2.36. The molecule has 2 aliphatic carbocycles. The molecule has 1 amide bonds. The van der Waals surface area contributed by atoms with Crippen LogP contribution in [0.25, 0.3) is 10.9 Å². The van der Waals surface area contributed by atoms with E-state index in [2.05, 4.69) is 36.2 Å². The number of nitrogens with zero attached hydrogens (tertiary/aromatic N) is 3. The van der Waals surface area contributed by atoms with Crippen molar-refractivity contribution < 1.29 is 4.79 Å². The van der Waals surface area contributed by atoms with Crippen LogP contribution in [0.1, 0.15) is 97.9 Å². The van der Waals surface area contributed by atoms with Gasteiger partial charge in [-0.05, 0) is 63.3 Å². The van der Waals surface area contributed by atoms with Crippen LogP contribution in [0.5, 0.6) is 0 Å². The number of rotatable bonds is 5. The summed E-state index contributed by atoms with van der Waals surface area (Å²) in [6, 6.07) is 8.35. The molecule has 0 aliphatic heterocycles. The van der Waals surface area contributed by atoms with E-state index in [1.807, 2.05) is 36.1 Å². The lowest BCUT2D eigenvalue weighted by atomic mass is 9.95.